The number of anilines is 1. The Kier molecular flexibility index (Phi) is 7.61. The molecule has 6 rings (SSSR count). The van der Waals surface area contributed by atoms with Crippen molar-refractivity contribution < 1.29 is 4.79 Å². The molecule has 0 saturated heterocycles. The van der Waals surface area contributed by atoms with Crippen molar-refractivity contribution in [3.63, 3.8) is 0 Å². The molecular formula is C33H28ClN7O2. The van der Waals surface area contributed by atoms with E-state index in [9.17, 15) is 14.9 Å². The van der Waals surface area contributed by atoms with E-state index in [0.29, 0.717) is 46.8 Å². The van der Waals surface area contributed by atoms with Gasteiger partial charge in [-0.05, 0) is 60.4 Å². The van der Waals surface area contributed by atoms with Gasteiger partial charge < -0.3 is 5.32 Å². The third-order valence-corrected chi connectivity index (χ3v) is 8.14. The Morgan fingerprint density at radius 1 is 0.977 bits per heavy atom. The summed E-state index contributed by atoms with van der Waals surface area (Å²) in [6.07, 6.45) is 6.88. The van der Waals surface area contributed by atoms with E-state index >= 15 is 0 Å². The first-order valence-corrected chi connectivity index (χ1v) is 14.4. The molecule has 10 heteroatoms. The summed E-state index contributed by atoms with van der Waals surface area (Å²) in [6.45, 7) is 1.91. The van der Waals surface area contributed by atoms with E-state index in [0.717, 1.165) is 28.1 Å². The number of amides is 1. The highest BCUT2D eigenvalue weighted by Gasteiger charge is 2.24. The van der Waals surface area contributed by atoms with Crippen molar-refractivity contribution in [2.24, 2.45) is 13.0 Å². The molecule has 0 radical (unpaired) electrons. The summed E-state index contributed by atoms with van der Waals surface area (Å²) in [5, 5.41) is 17.1. The van der Waals surface area contributed by atoms with Gasteiger partial charge in [-0.3, -0.25) is 23.8 Å². The number of hydrogen-bond acceptors (Lipinski definition) is 6. The topological polar surface area (TPSA) is 118 Å². The van der Waals surface area contributed by atoms with Crippen molar-refractivity contribution in [1.29, 1.82) is 5.26 Å². The van der Waals surface area contributed by atoms with Crippen molar-refractivity contribution in [2.75, 3.05) is 5.32 Å². The van der Waals surface area contributed by atoms with Gasteiger partial charge in [0.2, 0.25) is 5.91 Å². The second-order valence-electron chi connectivity index (χ2n) is 10.7. The van der Waals surface area contributed by atoms with E-state index in [2.05, 4.69) is 21.5 Å². The standard InChI is InChI=1S/C33H28ClN7O2/c1-20-4-3-5-30(28-14-23(12-13-36-28)32-29(39-33(20)43)18-38-40(32)2)41-19-37-27(16-31(41)42)26-15-24(34)10-11-25(26)22-8-6-21(17-35)7-9-22/h6-16,18-20,30H,3-5H2,1-2H3,(H,39,43). The highest BCUT2D eigenvalue weighted by molar-refractivity contribution is 6.31. The van der Waals surface area contributed by atoms with Crippen LogP contribution in [-0.2, 0) is 11.8 Å². The Morgan fingerprint density at radius 2 is 1.79 bits per heavy atom. The fourth-order valence-electron chi connectivity index (χ4n) is 5.58. The smallest absolute Gasteiger partial charge is 0.254 e. The molecule has 2 aromatic carbocycles. The Balaban J connectivity index is 1.43. The summed E-state index contributed by atoms with van der Waals surface area (Å²) in [5.41, 5.74) is 6.21. The molecule has 214 valence electrons. The maximum absolute atomic E-state index is 13.8. The lowest BCUT2D eigenvalue weighted by molar-refractivity contribution is -0.119. The van der Waals surface area contributed by atoms with Crippen LogP contribution in [0.4, 0.5) is 5.69 Å². The highest BCUT2D eigenvalue weighted by atomic mass is 35.5. The van der Waals surface area contributed by atoms with Crippen LogP contribution in [0.15, 0.2) is 84.2 Å². The number of carbonyl (C=O) groups excluding carboxylic acids is 1. The zero-order chi connectivity index (χ0) is 30.1. The number of carbonyl (C=O) groups is 1. The molecule has 0 fully saturated rings. The van der Waals surface area contributed by atoms with Crippen LogP contribution >= 0.6 is 11.6 Å². The quantitative estimate of drug-likeness (QED) is 0.266. The minimum Gasteiger partial charge on any atom is -0.323 e. The average Bonchev–Trinajstić information content (AvgIpc) is 3.38. The Hall–Kier alpha value is -5.07. The van der Waals surface area contributed by atoms with E-state index < -0.39 is 6.04 Å². The Bertz CT molecular complexity index is 1940. The number of benzene rings is 2. The molecule has 43 heavy (non-hydrogen) atoms. The molecule has 1 amide bonds. The number of hydrogen-bond donors (Lipinski definition) is 1. The van der Waals surface area contributed by atoms with Crippen LogP contribution in [0.1, 0.15) is 43.5 Å². The first-order valence-electron chi connectivity index (χ1n) is 14.0. The van der Waals surface area contributed by atoms with Crippen LogP contribution in [0, 0.1) is 17.2 Å². The minimum atomic E-state index is -0.391. The number of nitrogens with one attached hydrogen (secondary N) is 1. The van der Waals surface area contributed by atoms with Crippen LogP contribution in [0.25, 0.3) is 33.6 Å². The molecule has 1 N–H and O–H groups in total. The third kappa shape index (κ3) is 5.57. The highest BCUT2D eigenvalue weighted by Crippen LogP contribution is 2.35. The minimum absolute atomic E-state index is 0.0663. The molecule has 3 aromatic heterocycles. The lowest BCUT2D eigenvalue weighted by atomic mass is 9.96. The molecule has 0 saturated carbocycles. The van der Waals surface area contributed by atoms with Crippen molar-refractivity contribution in [3.8, 4) is 39.7 Å². The third-order valence-electron chi connectivity index (χ3n) is 7.91. The molecule has 2 bridgehead atoms. The fraction of sp³-hybridized carbons (Fsp3) is 0.212. The van der Waals surface area contributed by atoms with Crippen molar-refractivity contribution in [2.45, 2.75) is 32.2 Å². The van der Waals surface area contributed by atoms with Crippen molar-refractivity contribution in [3.05, 3.63) is 106 Å². The number of aromatic nitrogens is 5. The van der Waals surface area contributed by atoms with Gasteiger partial charge in [0.05, 0.1) is 53.0 Å². The monoisotopic (exact) mass is 589 g/mol. The maximum Gasteiger partial charge on any atom is 0.254 e. The summed E-state index contributed by atoms with van der Waals surface area (Å²) >= 11 is 6.38. The van der Waals surface area contributed by atoms with Gasteiger partial charge in [-0.1, -0.05) is 43.1 Å². The number of nitrogens with zero attached hydrogens (tertiary/aromatic N) is 6. The van der Waals surface area contributed by atoms with Crippen LogP contribution in [0.2, 0.25) is 5.02 Å². The van der Waals surface area contributed by atoms with E-state index in [-0.39, 0.29) is 17.4 Å². The molecule has 0 aliphatic carbocycles. The average molecular weight is 590 g/mol. The van der Waals surface area contributed by atoms with E-state index in [4.69, 9.17) is 16.6 Å². The van der Waals surface area contributed by atoms with E-state index in [1.165, 1.54) is 6.07 Å². The van der Waals surface area contributed by atoms with Gasteiger partial charge in [-0.2, -0.15) is 10.4 Å². The SMILES string of the molecule is CC1CCCC(n2cnc(-c3cc(Cl)ccc3-c3ccc(C#N)cc3)cc2=O)c2cc(ccn2)-c2c(cnn2C)NC1=O. The fourth-order valence-corrected chi connectivity index (χ4v) is 5.75. The van der Waals surface area contributed by atoms with E-state index in [1.807, 2.05) is 44.3 Å². The van der Waals surface area contributed by atoms with Crippen LogP contribution in [0.5, 0.6) is 0 Å². The molecule has 2 atom stereocenters. The Labute approximate surface area is 253 Å². The van der Waals surface area contributed by atoms with Crippen LogP contribution < -0.4 is 10.9 Å². The number of aryl methyl sites for hydroxylation is 1. The Morgan fingerprint density at radius 3 is 2.56 bits per heavy atom. The molecular weight excluding hydrogens is 562 g/mol. The number of nitriles is 1. The number of halogens is 1. The molecule has 0 spiro atoms. The summed E-state index contributed by atoms with van der Waals surface area (Å²) in [6, 6.07) is 19.8. The van der Waals surface area contributed by atoms with Gasteiger partial charge in [-0.15, -0.1) is 0 Å². The molecule has 9 nitrogen and oxygen atoms in total. The number of pyridine rings is 1. The maximum atomic E-state index is 13.8. The zero-order valence-electron chi connectivity index (χ0n) is 23.7. The first kappa shape index (κ1) is 28.1. The van der Waals surface area contributed by atoms with Gasteiger partial charge in [0.1, 0.15) is 0 Å². The normalized spacial score (nSPS) is 16.7. The zero-order valence-corrected chi connectivity index (χ0v) is 24.4. The number of rotatable bonds is 3. The largest absolute Gasteiger partial charge is 0.323 e. The molecule has 2 unspecified atom stereocenters. The van der Waals surface area contributed by atoms with Gasteiger partial charge in [0, 0.05) is 41.4 Å². The van der Waals surface area contributed by atoms with Gasteiger partial charge in [0.25, 0.3) is 5.56 Å². The van der Waals surface area contributed by atoms with Crippen LogP contribution in [0.3, 0.4) is 0 Å². The summed E-state index contributed by atoms with van der Waals surface area (Å²) in [7, 11) is 1.83. The molecule has 1 aliphatic rings. The second-order valence-corrected chi connectivity index (χ2v) is 11.2. The first-order chi connectivity index (χ1) is 20.8. The predicted molar refractivity (Wildman–Crippen MR) is 165 cm³/mol. The molecule has 4 heterocycles. The summed E-state index contributed by atoms with van der Waals surface area (Å²) in [5.74, 6) is -0.288. The summed E-state index contributed by atoms with van der Waals surface area (Å²) < 4.78 is 3.33. The lowest BCUT2D eigenvalue weighted by Gasteiger charge is -2.22. The lowest BCUT2D eigenvalue weighted by Crippen LogP contribution is -2.27. The van der Waals surface area contributed by atoms with Gasteiger partial charge in [-0.25, -0.2) is 4.98 Å². The van der Waals surface area contributed by atoms with Gasteiger partial charge >= 0.3 is 0 Å². The second kappa shape index (κ2) is 11.7. The molecule has 5 aromatic rings. The van der Waals surface area contributed by atoms with Crippen molar-refractivity contribution >= 4 is 23.2 Å². The molecule has 1 aliphatic heterocycles. The predicted octanol–water partition coefficient (Wildman–Crippen LogP) is 6.25. The summed E-state index contributed by atoms with van der Waals surface area (Å²) in [4.78, 5) is 36.1. The number of fused-ring (bicyclic) bond motifs is 4. The van der Waals surface area contributed by atoms with Crippen LogP contribution in [-0.4, -0.2) is 30.2 Å². The van der Waals surface area contributed by atoms with E-state index in [1.54, 1.807) is 52.2 Å². The van der Waals surface area contributed by atoms with Gasteiger partial charge in [0.15, 0.2) is 0 Å². The van der Waals surface area contributed by atoms with Crippen molar-refractivity contribution in [1.82, 2.24) is 24.3 Å².